The Balaban J connectivity index is 1.65. The van der Waals surface area contributed by atoms with Crippen LogP contribution < -0.4 is 5.73 Å². The lowest BCUT2D eigenvalue weighted by Crippen LogP contribution is -2.48. The van der Waals surface area contributed by atoms with Crippen LogP contribution in [-0.4, -0.2) is 42.0 Å². The van der Waals surface area contributed by atoms with Crippen molar-refractivity contribution in [2.24, 2.45) is 5.73 Å². The Morgan fingerprint density at radius 2 is 2.21 bits per heavy atom. The fraction of sp³-hybridized carbons (Fsp3) is 0.643. The Labute approximate surface area is 113 Å². The summed E-state index contributed by atoms with van der Waals surface area (Å²) < 4.78 is 11.6. The van der Waals surface area contributed by atoms with Crippen LogP contribution in [0.15, 0.2) is 18.3 Å². The van der Waals surface area contributed by atoms with Gasteiger partial charge in [-0.1, -0.05) is 0 Å². The van der Waals surface area contributed by atoms with Crippen LogP contribution in [0.3, 0.4) is 0 Å². The van der Waals surface area contributed by atoms with E-state index in [0.29, 0.717) is 6.54 Å². The van der Waals surface area contributed by atoms with Gasteiger partial charge in [0, 0.05) is 25.7 Å². The van der Waals surface area contributed by atoms with E-state index in [1.165, 1.54) is 5.56 Å². The molecule has 0 aromatic carbocycles. The highest BCUT2D eigenvalue weighted by Crippen LogP contribution is 2.30. The minimum Gasteiger partial charge on any atom is -0.346 e. The minimum absolute atomic E-state index is 0.345. The SMILES string of the molecule is NCc1cc(CN2CCCC3(C2)OCCO3)ccn1. The number of hydrogen-bond acceptors (Lipinski definition) is 5. The molecule has 0 unspecified atom stereocenters. The summed E-state index contributed by atoms with van der Waals surface area (Å²) in [4.78, 5) is 6.62. The predicted octanol–water partition coefficient (Wildman–Crippen LogP) is 0.879. The van der Waals surface area contributed by atoms with Gasteiger partial charge in [-0.15, -0.1) is 0 Å². The van der Waals surface area contributed by atoms with Crippen LogP contribution in [0.4, 0.5) is 0 Å². The van der Waals surface area contributed by atoms with Crippen molar-refractivity contribution in [3.05, 3.63) is 29.6 Å². The Morgan fingerprint density at radius 1 is 1.37 bits per heavy atom. The quantitative estimate of drug-likeness (QED) is 0.877. The highest BCUT2D eigenvalue weighted by atomic mass is 16.7. The van der Waals surface area contributed by atoms with Gasteiger partial charge in [0.25, 0.3) is 0 Å². The van der Waals surface area contributed by atoms with Crippen molar-refractivity contribution in [1.82, 2.24) is 9.88 Å². The number of aromatic nitrogens is 1. The fourth-order valence-electron chi connectivity index (χ4n) is 2.93. The summed E-state index contributed by atoms with van der Waals surface area (Å²) in [6.07, 6.45) is 3.96. The Kier molecular flexibility index (Phi) is 3.79. The molecule has 0 atom stereocenters. The lowest BCUT2D eigenvalue weighted by molar-refractivity contribution is -0.190. The molecule has 0 saturated carbocycles. The number of likely N-dealkylation sites (tertiary alicyclic amines) is 1. The van der Waals surface area contributed by atoms with Crippen LogP contribution >= 0.6 is 0 Å². The summed E-state index contributed by atoms with van der Waals surface area (Å²) in [6, 6.07) is 4.13. The first-order valence-electron chi connectivity index (χ1n) is 6.94. The number of rotatable bonds is 3. The molecule has 2 aliphatic heterocycles. The maximum absolute atomic E-state index is 5.80. The zero-order chi connectivity index (χ0) is 13.1. The molecule has 0 bridgehead atoms. The number of nitrogens with two attached hydrogens (primary N) is 1. The van der Waals surface area contributed by atoms with Crippen LogP contribution in [0.5, 0.6) is 0 Å². The zero-order valence-electron chi connectivity index (χ0n) is 11.2. The van der Waals surface area contributed by atoms with Gasteiger partial charge in [-0.05, 0) is 30.7 Å². The third-order valence-electron chi connectivity index (χ3n) is 3.81. The summed E-state index contributed by atoms with van der Waals surface area (Å²) in [7, 11) is 0. The topological polar surface area (TPSA) is 60.6 Å². The highest BCUT2D eigenvalue weighted by molar-refractivity contribution is 5.16. The zero-order valence-corrected chi connectivity index (χ0v) is 11.2. The molecule has 0 aliphatic carbocycles. The van der Waals surface area contributed by atoms with Gasteiger partial charge >= 0.3 is 0 Å². The molecular formula is C14H21N3O2. The van der Waals surface area contributed by atoms with E-state index in [9.17, 15) is 0 Å². The molecule has 0 radical (unpaired) electrons. The third kappa shape index (κ3) is 2.95. The maximum atomic E-state index is 5.80. The first-order chi connectivity index (χ1) is 9.30. The van der Waals surface area contributed by atoms with Gasteiger partial charge in [-0.25, -0.2) is 0 Å². The first kappa shape index (κ1) is 13.0. The average molecular weight is 263 g/mol. The molecule has 3 rings (SSSR count). The number of nitrogens with zero attached hydrogens (tertiary/aromatic N) is 2. The molecule has 1 aromatic heterocycles. The standard InChI is InChI=1S/C14H21N3O2/c15-9-13-8-12(2-4-16-13)10-17-5-1-3-14(11-17)18-6-7-19-14/h2,4,8H,1,3,5-7,9-11,15H2. The van der Waals surface area contributed by atoms with E-state index in [1.807, 2.05) is 6.20 Å². The van der Waals surface area contributed by atoms with Crippen molar-refractivity contribution in [3.63, 3.8) is 0 Å². The van der Waals surface area contributed by atoms with Gasteiger partial charge < -0.3 is 15.2 Å². The second-order valence-electron chi connectivity index (χ2n) is 5.28. The summed E-state index contributed by atoms with van der Waals surface area (Å²) in [5.41, 5.74) is 7.83. The molecule has 1 spiro atoms. The highest BCUT2D eigenvalue weighted by Gasteiger charge is 2.40. The first-order valence-corrected chi connectivity index (χ1v) is 6.94. The second-order valence-corrected chi connectivity index (χ2v) is 5.28. The normalized spacial score (nSPS) is 23.0. The molecular weight excluding hydrogens is 242 g/mol. The molecule has 2 aliphatic rings. The molecule has 2 fully saturated rings. The summed E-state index contributed by atoms with van der Waals surface area (Å²) in [6.45, 7) is 4.79. The third-order valence-corrected chi connectivity index (χ3v) is 3.81. The summed E-state index contributed by atoms with van der Waals surface area (Å²) in [5, 5.41) is 0. The molecule has 0 amide bonds. The molecule has 2 N–H and O–H groups in total. The molecule has 104 valence electrons. The molecule has 1 aromatic rings. The van der Waals surface area contributed by atoms with E-state index in [1.54, 1.807) is 0 Å². The van der Waals surface area contributed by atoms with Crippen LogP contribution in [0.25, 0.3) is 0 Å². The summed E-state index contributed by atoms with van der Waals surface area (Å²) in [5.74, 6) is -0.345. The van der Waals surface area contributed by atoms with E-state index in [2.05, 4.69) is 22.0 Å². The van der Waals surface area contributed by atoms with E-state index in [4.69, 9.17) is 15.2 Å². The van der Waals surface area contributed by atoms with E-state index in [-0.39, 0.29) is 5.79 Å². The van der Waals surface area contributed by atoms with Gasteiger partial charge in [0.2, 0.25) is 0 Å². The smallest absolute Gasteiger partial charge is 0.181 e. The number of piperidine rings is 1. The number of ether oxygens (including phenoxy) is 2. The molecule has 5 heteroatoms. The largest absolute Gasteiger partial charge is 0.346 e. The van der Waals surface area contributed by atoms with Gasteiger partial charge in [-0.2, -0.15) is 0 Å². The van der Waals surface area contributed by atoms with Crippen molar-refractivity contribution in [2.45, 2.75) is 31.7 Å². The average Bonchev–Trinajstić information content (AvgIpc) is 2.87. The van der Waals surface area contributed by atoms with Gasteiger partial charge in [0.05, 0.1) is 25.5 Å². The van der Waals surface area contributed by atoms with Crippen LogP contribution in [0.1, 0.15) is 24.1 Å². The van der Waals surface area contributed by atoms with Gasteiger partial charge in [0.15, 0.2) is 5.79 Å². The van der Waals surface area contributed by atoms with Crippen molar-refractivity contribution in [1.29, 1.82) is 0 Å². The Morgan fingerprint density at radius 3 is 3.00 bits per heavy atom. The van der Waals surface area contributed by atoms with Gasteiger partial charge in [0.1, 0.15) is 0 Å². The van der Waals surface area contributed by atoms with Gasteiger partial charge in [-0.3, -0.25) is 9.88 Å². The van der Waals surface area contributed by atoms with Crippen molar-refractivity contribution in [2.75, 3.05) is 26.3 Å². The lowest BCUT2D eigenvalue weighted by Gasteiger charge is -2.38. The van der Waals surface area contributed by atoms with Crippen molar-refractivity contribution >= 4 is 0 Å². The molecule has 2 saturated heterocycles. The van der Waals surface area contributed by atoms with Crippen molar-refractivity contribution in [3.8, 4) is 0 Å². The van der Waals surface area contributed by atoms with Crippen LogP contribution in [0, 0.1) is 0 Å². The number of pyridine rings is 1. The maximum Gasteiger partial charge on any atom is 0.181 e. The predicted molar refractivity (Wildman–Crippen MR) is 71.3 cm³/mol. The van der Waals surface area contributed by atoms with E-state index >= 15 is 0 Å². The minimum atomic E-state index is -0.345. The van der Waals surface area contributed by atoms with Crippen LogP contribution in [0.2, 0.25) is 0 Å². The second kappa shape index (κ2) is 5.54. The lowest BCUT2D eigenvalue weighted by atomic mass is 10.0. The summed E-state index contributed by atoms with van der Waals surface area (Å²) >= 11 is 0. The van der Waals surface area contributed by atoms with Crippen molar-refractivity contribution < 1.29 is 9.47 Å². The Bertz CT molecular complexity index is 432. The molecule has 3 heterocycles. The Hall–Kier alpha value is -1.01. The fourth-order valence-corrected chi connectivity index (χ4v) is 2.93. The molecule has 19 heavy (non-hydrogen) atoms. The number of hydrogen-bond donors (Lipinski definition) is 1. The molecule has 5 nitrogen and oxygen atoms in total. The van der Waals surface area contributed by atoms with E-state index < -0.39 is 0 Å². The monoisotopic (exact) mass is 263 g/mol. The van der Waals surface area contributed by atoms with E-state index in [0.717, 1.165) is 51.4 Å². The van der Waals surface area contributed by atoms with Crippen LogP contribution in [-0.2, 0) is 22.6 Å².